The Labute approximate surface area is 202 Å². The second-order valence-electron chi connectivity index (χ2n) is 7.83. The van der Waals surface area contributed by atoms with Gasteiger partial charge < -0.3 is 19.5 Å². The van der Waals surface area contributed by atoms with Crippen molar-refractivity contribution in [3.05, 3.63) is 106 Å². The fourth-order valence-corrected chi connectivity index (χ4v) is 5.64. The van der Waals surface area contributed by atoms with Crippen LogP contribution in [0.4, 0.5) is 0 Å². The normalized spacial score (nSPS) is 15.9. The largest absolute Gasteiger partial charge is 0.502 e. The summed E-state index contributed by atoms with van der Waals surface area (Å²) in [5.41, 5.74) is 1.39. The highest BCUT2D eigenvalue weighted by atomic mass is 32.2. The lowest BCUT2D eigenvalue weighted by Crippen LogP contribution is -2.30. The van der Waals surface area contributed by atoms with Crippen molar-refractivity contribution in [1.29, 1.82) is 0 Å². The van der Waals surface area contributed by atoms with Crippen LogP contribution in [0.15, 0.2) is 94.4 Å². The molecule has 3 aromatic rings. The summed E-state index contributed by atoms with van der Waals surface area (Å²) in [7, 11) is -1.43. The zero-order valence-electron chi connectivity index (χ0n) is 19.0. The van der Waals surface area contributed by atoms with Gasteiger partial charge in [0.25, 0.3) is 5.91 Å². The smallest absolute Gasteiger partial charge is 0.337 e. The number of benzene rings is 3. The number of esters is 1. The summed E-state index contributed by atoms with van der Waals surface area (Å²) < 4.78 is 37.1. The summed E-state index contributed by atoms with van der Waals surface area (Å²) in [5, 5.41) is 10.8. The number of rotatable bonds is 7. The number of carbonyl (C=O) groups is 2. The van der Waals surface area contributed by atoms with Crippen LogP contribution in [0.5, 0.6) is 5.75 Å². The van der Waals surface area contributed by atoms with E-state index in [1.165, 1.54) is 43.4 Å². The van der Waals surface area contributed by atoms with Crippen molar-refractivity contribution in [3.8, 4) is 5.75 Å². The number of ether oxygens (including phenoxy) is 2. The monoisotopic (exact) mass is 493 g/mol. The molecule has 35 heavy (non-hydrogen) atoms. The predicted molar refractivity (Wildman–Crippen MR) is 127 cm³/mol. The molecule has 0 bridgehead atoms. The molecule has 0 radical (unpaired) electrons. The van der Waals surface area contributed by atoms with E-state index in [0.717, 1.165) is 0 Å². The first kappa shape index (κ1) is 24.0. The minimum Gasteiger partial charge on any atom is -0.502 e. The second-order valence-corrected chi connectivity index (χ2v) is 9.74. The van der Waals surface area contributed by atoms with Crippen LogP contribution >= 0.6 is 0 Å². The molecule has 0 aromatic heterocycles. The lowest BCUT2D eigenvalue weighted by atomic mass is 10.0. The van der Waals surface area contributed by atoms with Crippen molar-refractivity contribution in [2.45, 2.75) is 17.5 Å². The van der Waals surface area contributed by atoms with Gasteiger partial charge in [0.05, 0.1) is 30.7 Å². The zero-order valence-corrected chi connectivity index (χ0v) is 19.9. The molecule has 1 amide bonds. The van der Waals surface area contributed by atoms with Crippen LogP contribution in [0.1, 0.15) is 27.5 Å². The molecule has 0 fully saturated rings. The van der Waals surface area contributed by atoms with Crippen molar-refractivity contribution >= 4 is 21.7 Å². The van der Waals surface area contributed by atoms with Crippen LogP contribution in [0.3, 0.4) is 0 Å². The maximum absolute atomic E-state index is 13.6. The summed E-state index contributed by atoms with van der Waals surface area (Å²) in [6, 6.07) is 19.5. The topological polar surface area (TPSA) is 110 Å². The van der Waals surface area contributed by atoms with Gasteiger partial charge in [-0.2, -0.15) is 0 Å². The molecular weight excluding hydrogens is 470 g/mol. The molecule has 1 aliphatic rings. The Balaban J connectivity index is 1.82. The second kappa shape index (κ2) is 9.63. The van der Waals surface area contributed by atoms with Crippen molar-refractivity contribution in [2.24, 2.45) is 0 Å². The Bertz CT molecular complexity index is 1380. The molecule has 9 heteroatoms. The lowest BCUT2D eigenvalue weighted by molar-refractivity contribution is -0.130. The number of hydrogen-bond donors (Lipinski definition) is 1. The average Bonchev–Trinajstić information content (AvgIpc) is 3.14. The maximum atomic E-state index is 13.6. The number of aliphatic hydroxyl groups is 1. The molecule has 0 unspecified atom stereocenters. The number of carbonyl (C=O) groups excluding carboxylic acids is 2. The third-order valence-corrected chi connectivity index (χ3v) is 7.65. The van der Waals surface area contributed by atoms with E-state index in [1.807, 2.05) is 0 Å². The molecule has 180 valence electrons. The van der Waals surface area contributed by atoms with E-state index in [2.05, 4.69) is 0 Å². The number of aliphatic hydroxyl groups excluding tert-OH is 1. The summed E-state index contributed by atoms with van der Waals surface area (Å²) in [6.07, 6.45) is 0. The minimum absolute atomic E-state index is 0.0319. The standard InChI is InChI=1S/C26H23NO7S/c1-33-20-14-8-17(9-15-20)16-27-22(18-10-12-19(13-11-18)26(30)34-2)24(23(28)25(27)29)35(31,32)21-6-4-3-5-7-21/h3-15,22,28H,16H2,1-2H3/t22-/m0/s1. The van der Waals surface area contributed by atoms with E-state index in [9.17, 15) is 23.1 Å². The highest BCUT2D eigenvalue weighted by molar-refractivity contribution is 7.95. The molecule has 3 aromatic carbocycles. The van der Waals surface area contributed by atoms with Gasteiger partial charge in [-0.05, 0) is 47.5 Å². The van der Waals surface area contributed by atoms with Gasteiger partial charge in [-0.3, -0.25) is 4.79 Å². The van der Waals surface area contributed by atoms with Crippen LogP contribution in [0, 0.1) is 0 Å². The van der Waals surface area contributed by atoms with Crippen molar-refractivity contribution < 1.29 is 32.6 Å². The SMILES string of the molecule is COC(=O)c1ccc([C@H]2C(S(=O)(=O)c3ccccc3)=C(O)C(=O)N2Cc2ccc(OC)cc2)cc1. The Morgan fingerprint density at radius 2 is 1.57 bits per heavy atom. The van der Waals surface area contributed by atoms with E-state index < -0.39 is 38.4 Å². The molecule has 1 atom stereocenters. The number of hydrogen-bond acceptors (Lipinski definition) is 7. The fourth-order valence-electron chi connectivity index (χ4n) is 3.97. The molecule has 8 nitrogen and oxygen atoms in total. The predicted octanol–water partition coefficient (Wildman–Crippen LogP) is 3.81. The van der Waals surface area contributed by atoms with Crippen LogP contribution < -0.4 is 4.74 Å². The first-order valence-corrected chi connectivity index (χ1v) is 12.1. The van der Waals surface area contributed by atoms with E-state index in [4.69, 9.17) is 9.47 Å². The van der Waals surface area contributed by atoms with Gasteiger partial charge in [-0.25, -0.2) is 13.2 Å². The fraction of sp³-hybridized carbons (Fsp3) is 0.154. The summed E-state index contributed by atoms with van der Waals surface area (Å²) in [6.45, 7) is 0.0319. The van der Waals surface area contributed by atoms with Crippen molar-refractivity contribution in [3.63, 3.8) is 0 Å². The third-order valence-electron chi connectivity index (χ3n) is 5.76. The summed E-state index contributed by atoms with van der Waals surface area (Å²) in [5.74, 6) is -1.56. The molecule has 0 spiro atoms. The van der Waals surface area contributed by atoms with Gasteiger partial charge in [0.15, 0.2) is 5.76 Å². The Hall–Kier alpha value is -4.11. The first-order valence-electron chi connectivity index (χ1n) is 10.6. The van der Waals surface area contributed by atoms with Crippen molar-refractivity contribution in [1.82, 2.24) is 4.90 Å². The number of nitrogens with zero attached hydrogens (tertiary/aromatic N) is 1. The highest BCUT2D eigenvalue weighted by Crippen LogP contribution is 2.43. The number of sulfone groups is 1. The van der Waals surface area contributed by atoms with Gasteiger partial charge in [0, 0.05) is 6.54 Å². The van der Waals surface area contributed by atoms with E-state index in [1.54, 1.807) is 54.6 Å². The molecule has 0 aliphatic carbocycles. The Kier molecular flexibility index (Phi) is 6.61. The van der Waals surface area contributed by atoms with Crippen LogP contribution in [0.25, 0.3) is 0 Å². The number of methoxy groups -OCH3 is 2. The van der Waals surface area contributed by atoms with Gasteiger partial charge in [0.2, 0.25) is 9.84 Å². The zero-order chi connectivity index (χ0) is 25.2. The maximum Gasteiger partial charge on any atom is 0.337 e. The Morgan fingerprint density at radius 1 is 0.943 bits per heavy atom. The third kappa shape index (κ3) is 4.50. The van der Waals surface area contributed by atoms with Gasteiger partial charge in [0.1, 0.15) is 10.7 Å². The molecule has 0 saturated heterocycles. The minimum atomic E-state index is -4.23. The van der Waals surface area contributed by atoms with Gasteiger partial charge >= 0.3 is 5.97 Å². The average molecular weight is 494 g/mol. The van der Waals surface area contributed by atoms with E-state index in [0.29, 0.717) is 16.9 Å². The molecule has 1 heterocycles. The number of amides is 1. The van der Waals surface area contributed by atoms with Crippen molar-refractivity contribution in [2.75, 3.05) is 14.2 Å². The van der Waals surface area contributed by atoms with Gasteiger partial charge in [-0.15, -0.1) is 0 Å². The first-order chi connectivity index (χ1) is 16.8. The molecule has 1 aliphatic heterocycles. The molecule has 0 saturated carbocycles. The van der Waals surface area contributed by atoms with E-state index >= 15 is 0 Å². The van der Waals surface area contributed by atoms with E-state index in [-0.39, 0.29) is 17.0 Å². The highest BCUT2D eigenvalue weighted by Gasteiger charge is 2.46. The molecule has 4 rings (SSSR count). The summed E-state index contributed by atoms with van der Waals surface area (Å²) in [4.78, 5) is 25.9. The molecule has 1 N–H and O–H groups in total. The Morgan fingerprint density at radius 3 is 2.14 bits per heavy atom. The summed E-state index contributed by atoms with van der Waals surface area (Å²) >= 11 is 0. The van der Waals surface area contributed by atoms with Crippen LogP contribution in [-0.4, -0.2) is 44.5 Å². The lowest BCUT2D eigenvalue weighted by Gasteiger charge is -2.27. The van der Waals surface area contributed by atoms with Crippen LogP contribution in [-0.2, 0) is 25.9 Å². The molecular formula is C26H23NO7S. The van der Waals surface area contributed by atoms with Crippen LogP contribution in [0.2, 0.25) is 0 Å². The van der Waals surface area contributed by atoms with Gasteiger partial charge in [-0.1, -0.05) is 42.5 Å². The quantitative estimate of drug-likeness (QED) is 0.499.